The van der Waals surface area contributed by atoms with E-state index in [-0.39, 0.29) is 17.5 Å². The lowest BCUT2D eigenvalue weighted by atomic mass is 10.0. The molecule has 4 nitrogen and oxygen atoms in total. The van der Waals surface area contributed by atoms with Crippen molar-refractivity contribution < 1.29 is 9.53 Å². The highest BCUT2D eigenvalue weighted by Gasteiger charge is 2.22. The molecule has 4 heteroatoms. The summed E-state index contributed by atoms with van der Waals surface area (Å²) < 4.78 is 5.69. The first kappa shape index (κ1) is 16.5. The fraction of sp³-hybridized carbons (Fsp3) is 0.562. The minimum atomic E-state index is -0.538. The number of carbonyl (C=O) groups excluding carboxylic acids is 1. The quantitative estimate of drug-likeness (QED) is 0.841. The zero-order chi connectivity index (χ0) is 15.3. The minimum Gasteiger partial charge on any atom is -0.481 e. The van der Waals surface area contributed by atoms with Crippen molar-refractivity contribution in [2.45, 2.75) is 58.7 Å². The van der Waals surface area contributed by atoms with Gasteiger partial charge in [0.05, 0.1) is 0 Å². The number of carbonyl (C=O) groups is 1. The molecule has 3 N–H and O–H groups in total. The van der Waals surface area contributed by atoms with E-state index in [4.69, 9.17) is 10.5 Å². The Morgan fingerprint density at radius 2 is 2.05 bits per heavy atom. The molecule has 1 aromatic carbocycles. The number of hydrogen-bond donors (Lipinski definition) is 2. The van der Waals surface area contributed by atoms with Crippen LogP contribution in [0.1, 0.15) is 52.6 Å². The van der Waals surface area contributed by atoms with Crippen LogP contribution in [0.5, 0.6) is 5.75 Å². The van der Waals surface area contributed by atoms with Gasteiger partial charge in [0.25, 0.3) is 5.91 Å². The van der Waals surface area contributed by atoms with Crippen molar-refractivity contribution in [3.63, 3.8) is 0 Å². The van der Waals surface area contributed by atoms with E-state index in [1.54, 1.807) is 6.92 Å². The van der Waals surface area contributed by atoms with Crippen LogP contribution in [0, 0.1) is 0 Å². The van der Waals surface area contributed by atoms with E-state index >= 15 is 0 Å². The lowest BCUT2D eigenvalue weighted by Crippen LogP contribution is -2.48. The van der Waals surface area contributed by atoms with Gasteiger partial charge in [0.2, 0.25) is 0 Å². The topological polar surface area (TPSA) is 64.3 Å². The third kappa shape index (κ3) is 4.85. The molecule has 0 aromatic heterocycles. The first-order chi connectivity index (χ1) is 9.25. The number of nitrogens with one attached hydrogen (secondary N) is 1. The van der Waals surface area contributed by atoms with Gasteiger partial charge in [-0.05, 0) is 51.8 Å². The Morgan fingerprint density at radius 3 is 2.60 bits per heavy atom. The summed E-state index contributed by atoms with van der Waals surface area (Å²) in [5.74, 6) is 0.555. The van der Waals surface area contributed by atoms with Gasteiger partial charge in [-0.3, -0.25) is 4.79 Å². The van der Waals surface area contributed by atoms with Crippen LogP contribution in [0.15, 0.2) is 24.3 Å². The van der Waals surface area contributed by atoms with Gasteiger partial charge in [0.1, 0.15) is 5.75 Å². The number of amides is 1. The number of nitrogens with two attached hydrogens (primary N) is 1. The van der Waals surface area contributed by atoms with Gasteiger partial charge < -0.3 is 15.8 Å². The average molecular weight is 278 g/mol. The van der Waals surface area contributed by atoms with Crippen molar-refractivity contribution in [3.05, 3.63) is 29.8 Å². The normalized spacial score (nSPS) is 14.5. The standard InChI is InChI=1S/C16H26N2O2/c1-6-16(4,5)18-15(19)12(3)20-14-9-7-8-13(10-14)11(2)17/h7-12H,6,17H2,1-5H3,(H,18,19)/t11-,12?/m1/s1. The van der Waals surface area contributed by atoms with Crippen molar-refractivity contribution >= 4 is 5.91 Å². The van der Waals surface area contributed by atoms with E-state index in [0.29, 0.717) is 5.75 Å². The van der Waals surface area contributed by atoms with Crippen molar-refractivity contribution in [1.29, 1.82) is 0 Å². The van der Waals surface area contributed by atoms with Crippen LogP contribution >= 0.6 is 0 Å². The van der Waals surface area contributed by atoms with Gasteiger partial charge in [-0.15, -0.1) is 0 Å². The Hall–Kier alpha value is -1.55. The monoisotopic (exact) mass is 278 g/mol. The zero-order valence-electron chi connectivity index (χ0n) is 13.1. The molecule has 112 valence electrons. The van der Waals surface area contributed by atoms with Crippen molar-refractivity contribution in [1.82, 2.24) is 5.32 Å². The van der Waals surface area contributed by atoms with Gasteiger partial charge >= 0.3 is 0 Å². The molecule has 0 spiro atoms. The first-order valence-electron chi connectivity index (χ1n) is 7.09. The molecule has 1 rings (SSSR count). The van der Waals surface area contributed by atoms with Gasteiger partial charge in [0, 0.05) is 11.6 Å². The molecule has 0 radical (unpaired) electrons. The summed E-state index contributed by atoms with van der Waals surface area (Å²) in [5, 5.41) is 2.97. The molecule has 0 fully saturated rings. The lowest BCUT2D eigenvalue weighted by Gasteiger charge is -2.26. The number of rotatable bonds is 6. The number of hydrogen-bond acceptors (Lipinski definition) is 3. The first-order valence-corrected chi connectivity index (χ1v) is 7.09. The SMILES string of the molecule is CCC(C)(C)NC(=O)C(C)Oc1cccc([C@@H](C)N)c1. The maximum absolute atomic E-state index is 12.1. The largest absolute Gasteiger partial charge is 0.481 e. The predicted octanol–water partition coefficient (Wildman–Crippen LogP) is 2.78. The second-order valence-corrected chi connectivity index (χ2v) is 5.85. The van der Waals surface area contributed by atoms with Crippen LogP contribution < -0.4 is 15.8 Å². The molecule has 0 aliphatic rings. The summed E-state index contributed by atoms with van der Waals surface area (Å²) in [6, 6.07) is 7.48. The highest BCUT2D eigenvalue weighted by Crippen LogP contribution is 2.19. The van der Waals surface area contributed by atoms with Crippen molar-refractivity contribution in [2.75, 3.05) is 0 Å². The summed E-state index contributed by atoms with van der Waals surface area (Å²) in [6.07, 6.45) is 0.329. The highest BCUT2D eigenvalue weighted by atomic mass is 16.5. The van der Waals surface area contributed by atoms with Crippen molar-refractivity contribution in [2.24, 2.45) is 5.73 Å². The average Bonchev–Trinajstić information content (AvgIpc) is 2.38. The van der Waals surface area contributed by atoms with E-state index in [0.717, 1.165) is 12.0 Å². The second-order valence-electron chi connectivity index (χ2n) is 5.85. The number of ether oxygens (including phenoxy) is 1. The number of benzene rings is 1. The minimum absolute atomic E-state index is 0.0540. The lowest BCUT2D eigenvalue weighted by molar-refractivity contribution is -0.128. The molecule has 2 atom stereocenters. The molecule has 0 bridgehead atoms. The van der Waals surface area contributed by atoms with Crippen molar-refractivity contribution in [3.8, 4) is 5.75 Å². The molecule has 20 heavy (non-hydrogen) atoms. The van der Waals surface area contributed by atoms with E-state index in [1.165, 1.54) is 0 Å². The Bertz CT molecular complexity index is 456. The van der Waals surface area contributed by atoms with Crippen LogP contribution in [-0.4, -0.2) is 17.6 Å². The summed E-state index contributed by atoms with van der Waals surface area (Å²) in [5.41, 5.74) is 6.61. The van der Waals surface area contributed by atoms with E-state index in [1.807, 2.05) is 52.0 Å². The Balaban J connectivity index is 2.68. The smallest absolute Gasteiger partial charge is 0.261 e. The highest BCUT2D eigenvalue weighted by molar-refractivity contribution is 5.81. The Labute approximate surface area is 121 Å². The third-order valence-corrected chi connectivity index (χ3v) is 3.41. The van der Waals surface area contributed by atoms with Gasteiger partial charge in [-0.2, -0.15) is 0 Å². The fourth-order valence-electron chi connectivity index (χ4n) is 1.65. The van der Waals surface area contributed by atoms with Crippen LogP contribution in [0.2, 0.25) is 0 Å². The van der Waals surface area contributed by atoms with Crippen LogP contribution in [0.25, 0.3) is 0 Å². The van der Waals surface area contributed by atoms with Crippen LogP contribution in [-0.2, 0) is 4.79 Å². The maximum atomic E-state index is 12.1. The molecular formula is C16H26N2O2. The Morgan fingerprint density at radius 1 is 1.40 bits per heavy atom. The Kier molecular flexibility index (Phi) is 5.57. The molecule has 1 unspecified atom stereocenters. The molecule has 0 saturated carbocycles. The molecule has 0 heterocycles. The zero-order valence-corrected chi connectivity index (χ0v) is 13.1. The molecule has 0 aliphatic heterocycles. The third-order valence-electron chi connectivity index (χ3n) is 3.41. The van der Waals surface area contributed by atoms with Gasteiger partial charge in [-0.1, -0.05) is 19.1 Å². The summed E-state index contributed by atoms with van der Waals surface area (Å²) in [6.45, 7) is 9.69. The van der Waals surface area contributed by atoms with Gasteiger partial charge in [0.15, 0.2) is 6.10 Å². The van der Waals surface area contributed by atoms with E-state index in [9.17, 15) is 4.79 Å². The molecule has 1 aromatic rings. The fourth-order valence-corrected chi connectivity index (χ4v) is 1.65. The second kappa shape index (κ2) is 6.75. The van der Waals surface area contributed by atoms with E-state index in [2.05, 4.69) is 5.32 Å². The van der Waals surface area contributed by atoms with E-state index < -0.39 is 6.10 Å². The molecular weight excluding hydrogens is 252 g/mol. The summed E-state index contributed by atoms with van der Waals surface area (Å²) in [7, 11) is 0. The van der Waals surface area contributed by atoms with Crippen LogP contribution in [0.4, 0.5) is 0 Å². The van der Waals surface area contributed by atoms with Gasteiger partial charge in [-0.25, -0.2) is 0 Å². The maximum Gasteiger partial charge on any atom is 0.261 e. The molecule has 0 saturated heterocycles. The van der Waals surface area contributed by atoms with Crippen LogP contribution in [0.3, 0.4) is 0 Å². The molecule has 1 amide bonds. The summed E-state index contributed by atoms with van der Waals surface area (Å²) >= 11 is 0. The summed E-state index contributed by atoms with van der Waals surface area (Å²) in [4.78, 5) is 12.1. The molecule has 0 aliphatic carbocycles. The predicted molar refractivity (Wildman–Crippen MR) is 81.6 cm³/mol.